The van der Waals surface area contributed by atoms with E-state index in [0.29, 0.717) is 48.0 Å². The second kappa shape index (κ2) is 9.56. The summed E-state index contributed by atoms with van der Waals surface area (Å²) in [5.41, 5.74) is 0.473. The number of carbonyl (C=O) groups is 1. The van der Waals surface area contributed by atoms with Gasteiger partial charge in [0.2, 0.25) is 15.9 Å². The molecule has 26 heavy (non-hydrogen) atoms. The fourth-order valence-electron chi connectivity index (χ4n) is 2.91. The number of halogens is 2. The quantitative estimate of drug-likeness (QED) is 0.682. The van der Waals surface area contributed by atoms with Crippen LogP contribution < -0.4 is 5.32 Å². The summed E-state index contributed by atoms with van der Waals surface area (Å²) in [6, 6.07) is 5.99. The Morgan fingerprint density at radius 3 is 2.73 bits per heavy atom. The van der Waals surface area contributed by atoms with E-state index in [1.54, 1.807) is 12.1 Å². The number of nitriles is 1. The Balaban J connectivity index is 2.08. The molecule has 1 aromatic rings. The number of sulfonamides is 1. The van der Waals surface area contributed by atoms with Crippen LogP contribution in [0.4, 0.5) is 5.69 Å². The number of nitrogens with one attached hydrogen (secondary N) is 1. The summed E-state index contributed by atoms with van der Waals surface area (Å²) < 4.78 is 26.6. The zero-order valence-electron chi connectivity index (χ0n) is 14.2. The average Bonchev–Trinajstić information content (AvgIpc) is 2.62. The molecule has 0 aromatic heterocycles. The molecular weight excluding hydrogens is 397 g/mol. The standard InChI is InChI=1S/C17H21Cl2N3O3S/c18-14-8-7-13(12-15(14)19)21-17(23)16-6-2-4-10-22(16)26(24,25)11-5-1-3-9-20/h7-8,12,16H,1-6,10-11H2,(H,21,23). The highest BCUT2D eigenvalue weighted by molar-refractivity contribution is 7.89. The Kier molecular flexibility index (Phi) is 7.71. The van der Waals surface area contributed by atoms with Crippen LogP contribution in [0.5, 0.6) is 0 Å². The first-order chi connectivity index (χ1) is 12.3. The van der Waals surface area contributed by atoms with Crippen molar-refractivity contribution in [1.82, 2.24) is 4.31 Å². The van der Waals surface area contributed by atoms with Gasteiger partial charge in [-0.2, -0.15) is 9.57 Å². The van der Waals surface area contributed by atoms with Crippen LogP contribution in [-0.2, 0) is 14.8 Å². The number of piperidine rings is 1. The third kappa shape index (κ3) is 5.58. The van der Waals surface area contributed by atoms with Gasteiger partial charge >= 0.3 is 0 Å². The topological polar surface area (TPSA) is 90.3 Å². The summed E-state index contributed by atoms with van der Waals surface area (Å²) in [7, 11) is -3.55. The Labute approximate surface area is 164 Å². The largest absolute Gasteiger partial charge is 0.325 e. The predicted octanol–water partition coefficient (Wildman–Crippen LogP) is 3.81. The van der Waals surface area contributed by atoms with E-state index in [4.69, 9.17) is 28.5 Å². The molecule has 142 valence electrons. The van der Waals surface area contributed by atoms with Crippen LogP contribution in [0.1, 0.15) is 38.5 Å². The maximum atomic E-state index is 12.7. The second-order valence-electron chi connectivity index (χ2n) is 6.17. The number of amides is 1. The molecule has 2 rings (SSSR count). The maximum Gasteiger partial charge on any atom is 0.242 e. The van der Waals surface area contributed by atoms with Gasteiger partial charge in [0.25, 0.3) is 0 Å². The highest BCUT2D eigenvalue weighted by atomic mass is 35.5. The lowest BCUT2D eigenvalue weighted by Crippen LogP contribution is -2.50. The number of rotatable bonds is 7. The number of unbranched alkanes of at least 4 members (excludes halogenated alkanes) is 2. The smallest absolute Gasteiger partial charge is 0.242 e. The van der Waals surface area contributed by atoms with E-state index in [9.17, 15) is 13.2 Å². The third-order valence-corrected chi connectivity index (χ3v) is 6.94. The molecule has 1 N–H and O–H groups in total. The molecule has 1 aromatic carbocycles. The first-order valence-electron chi connectivity index (χ1n) is 8.47. The van der Waals surface area contributed by atoms with Crippen molar-refractivity contribution in [1.29, 1.82) is 5.26 Å². The van der Waals surface area contributed by atoms with Crippen LogP contribution in [0.15, 0.2) is 18.2 Å². The molecule has 0 aliphatic carbocycles. The van der Waals surface area contributed by atoms with Gasteiger partial charge in [0.1, 0.15) is 6.04 Å². The molecule has 1 unspecified atom stereocenters. The van der Waals surface area contributed by atoms with Gasteiger partial charge in [0.15, 0.2) is 0 Å². The minimum Gasteiger partial charge on any atom is -0.325 e. The lowest BCUT2D eigenvalue weighted by Gasteiger charge is -2.33. The normalized spacial score (nSPS) is 18.3. The summed E-state index contributed by atoms with van der Waals surface area (Å²) in [4.78, 5) is 12.7. The van der Waals surface area contributed by atoms with Crippen molar-refractivity contribution in [2.75, 3.05) is 17.6 Å². The monoisotopic (exact) mass is 417 g/mol. The molecule has 1 aliphatic rings. The first kappa shape index (κ1) is 21.0. The summed E-state index contributed by atoms with van der Waals surface area (Å²) in [6.07, 6.45) is 3.27. The first-order valence-corrected chi connectivity index (χ1v) is 10.8. The molecule has 1 amide bonds. The molecule has 1 saturated heterocycles. The van der Waals surface area contributed by atoms with Crippen molar-refractivity contribution in [2.45, 2.75) is 44.6 Å². The fourth-order valence-corrected chi connectivity index (χ4v) is 5.00. The molecule has 1 aliphatic heterocycles. The number of nitrogens with zero attached hydrogens (tertiary/aromatic N) is 2. The van der Waals surface area contributed by atoms with Crippen LogP contribution in [0, 0.1) is 11.3 Å². The van der Waals surface area contributed by atoms with E-state index in [2.05, 4.69) is 5.32 Å². The predicted molar refractivity (Wildman–Crippen MR) is 103 cm³/mol. The average molecular weight is 418 g/mol. The van der Waals surface area contributed by atoms with Gasteiger partial charge < -0.3 is 5.32 Å². The molecular formula is C17H21Cl2N3O3S. The summed E-state index contributed by atoms with van der Waals surface area (Å²) in [6.45, 7) is 0.333. The van der Waals surface area contributed by atoms with Gasteiger partial charge in [-0.1, -0.05) is 29.6 Å². The van der Waals surface area contributed by atoms with Crippen molar-refractivity contribution in [3.05, 3.63) is 28.2 Å². The number of hydrogen-bond donors (Lipinski definition) is 1. The fraction of sp³-hybridized carbons (Fsp3) is 0.529. The third-order valence-electron chi connectivity index (χ3n) is 4.24. The number of benzene rings is 1. The van der Waals surface area contributed by atoms with Crippen LogP contribution >= 0.6 is 23.2 Å². The van der Waals surface area contributed by atoms with Crippen LogP contribution in [-0.4, -0.2) is 37.0 Å². The SMILES string of the molecule is N#CCCCCS(=O)(=O)N1CCCCC1C(=O)Nc1ccc(Cl)c(Cl)c1. The van der Waals surface area contributed by atoms with Crippen LogP contribution in [0.3, 0.4) is 0 Å². The molecule has 0 radical (unpaired) electrons. The summed E-state index contributed by atoms with van der Waals surface area (Å²) >= 11 is 11.8. The van der Waals surface area contributed by atoms with Crippen LogP contribution in [0.25, 0.3) is 0 Å². The van der Waals surface area contributed by atoms with Crippen molar-refractivity contribution < 1.29 is 13.2 Å². The van der Waals surface area contributed by atoms with Crippen LogP contribution in [0.2, 0.25) is 10.0 Å². The Bertz CT molecular complexity index is 793. The van der Waals surface area contributed by atoms with E-state index in [0.717, 1.165) is 12.8 Å². The molecule has 9 heteroatoms. The van der Waals surface area contributed by atoms with Gasteiger partial charge in [-0.05, 0) is 43.9 Å². The van der Waals surface area contributed by atoms with Crippen molar-refractivity contribution in [2.24, 2.45) is 0 Å². The molecule has 1 fully saturated rings. The van der Waals surface area contributed by atoms with E-state index in [-0.39, 0.29) is 11.7 Å². The molecule has 0 saturated carbocycles. The van der Waals surface area contributed by atoms with E-state index < -0.39 is 16.1 Å². The summed E-state index contributed by atoms with van der Waals surface area (Å²) in [5.74, 6) is -0.422. The van der Waals surface area contributed by atoms with Gasteiger partial charge in [-0.25, -0.2) is 8.42 Å². The molecule has 1 heterocycles. The minimum absolute atomic E-state index is 0.0504. The zero-order chi connectivity index (χ0) is 19.2. The second-order valence-corrected chi connectivity index (χ2v) is 9.03. The highest BCUT2D eigenvalue weighted by Gasteiger charge is 2.36. The van der Waals surface area contributed by atoms with Gasteiger partial charge in [0, 0.05) is 18.7 Å². The Hall–Kier alpha value is -1.33. The van der Waals surface area contributed by atoms with E-state index in [1.165, 1.54) is 10.4 Å². The van der Waals surface area contributed by atoms with Gasteiger partial charge in [0.05, 0.1) is 21.9 Å². The van der Waals surface area contributed by atoms with Gasteiger partial charge in [-0.15, -0.1) is 0 Å². The lowest BCUT2D eigenvalue weighted by molar-refractivity contribution is -0.120. The Morgan fingerprint density at radius 1 is 1.27 bits per heavy atom. The lowest BCUT2D eigenvalue weighted by atomic mass is 10.0. The molecule has 0 spiro atoms. The van der Waals surface area contributed by atoms with Crippen molar-refractivity contribution >= 4 is 44.8 Å². The summed E-state index contributed by atoms with van der Waals surface area (Å²) in [5, 5.41) is 12.0. The highest BCUT2D eigenvalue weighted by Crippen LogP contribution is 2.27. The zero-order valence-corrected chi connectivity index (χ0v) is 16.6. The van der Waals surface area contributed by atoms with Gasteiger partial charge in [-0.3, -0.25) is 4.79 Å². The number of anilines is 1. The number of carbonyl (C=O) groups excluding carboxylic acids is 1. The molecule has 0 bridgehead atoms. The van der Waals surface area contributed by atoms with E-state index >= 15 is 0 Å². The van der Waals surface area contributed by atoms with Crippen molar-refractivity contribution in [3.8, 4) is 6.07 Å². The number of hydrogen-bond acceptors (Lipinski definition) is 4. The van der Waals surface area contributed by atoms with E-state index in [1.807, 2.05) is 6.07 Å². The molecule has 6 nitrogen and oxygen atoms in total. The molecule has 1 atom stereocenters. The van der Waals surface area contributed by atoms with Crippen molar-refractivity contribution in [3.63, 3.8) is 0 Å². The minimum atomic E-state index is -3.55. The maximum absolute atomic E-state index is 12.7. The Morgan fingerprint density at radius 2 is 2.04 bits per heavy atom.